The fraction of sp³-hybridized carbons (Fsp3) is 0.167. The van der Waals surface area contributed by atoms with E-state index in [1.165, 1.54) is 11.1 Å². The summed E-state index contributed by atoms with van der Waals surface area (Å²) in [5, 5.41) is 8.30. The van der Waals surface area contributed by atoms with Crippen molar-refractivity contribution in [2.24, 2.45) is 0 Å². The quantitative estimate of drug-likeness (QED) is 0.881. The Morgan fingerprint density at radius 3 is 2.75 bits per heavy atom. The SMILES string of the molecule is CNC(c1ccsc1)c1ccc(Cl)cc1Br. The third-order valence-corrected chi connectivity index (χ3v) is 4.06. The first kappa shape index (κ1) is 12.1. The average molecular weight is 317 g/mol. The Labute approximate surface area is 113 Å². The molecule has 1 atom stereocenters. The normalized spacial score (nSPS) is 12.7. The lowest BCUT2D eigenvalue weighted by Crippen LogP contribution is -2.17. The fourth-order valence-electron chi connectivity index (χ4n) is 1.68. The summed E-state index contributed by atoms with van der Waals surface area (Å²) in [7, 11) is 1.96. The van der Waals surface area contributed by atoms with Crippen molar-refractivity contribution in [1.82, 2.24) is 5.32 Å². The van der Waals surface area contributed by atoms with Crippen LogP contribution in [0.1, 0.15) is 17.2 Å². The third kappa shape index (κ3) is 2.48. The molecule has 0 aliphatic carbocycles. The van der Waals surface area contributed by atoms with Crippen LogP contribution in [-0.4, -0.2) is 7.05 Å². The molecule has 16 heavy (non-hydrogen) atoms. The lowest BCUT2D eigenvalue weighted by Gasteiger charge is -2.17. The maximum absolute atomic E-state index is 5.94. The summed E-state index contributed by atoms with van der Waals surface area (Å²) < 4.78 is 1.03. The predicted molar refractivity (Wildman–Crippen MR) is 74.4 cm³/mol. The van der Waals surface area contributed by atoms with E-state index in [-0.39, 0.29) is 6.04 Å². The molecule has 1 nitrogen and oxygen atoms in total. The van der Waals surface area contributed by atoms with Gasteiger partial charge in [-0.2, -0.15) is 11.3 Å². The van der Waals surface area contributed by atoms with Crippen molar-refractivity contribution >= 4 is 38.9 Å². The van der Waals surface area contributed by atoms with Crippen molar-refractivity contribution in [3.05, 3.63) is 55.6 Å². The molecule has 0 radical (unpaired) electrons. The highest BCUT2D eigenvalue weighted by Gasteiger charge is 2.15. The summed E-state index contributed by atoms with van der Waals surface area (Å²) in [4.78, 5) is 0. The summed E-state index contributed by atoms with van der Waals surface area (Å²) in [6, 6.07) is 8.22. The molecule has 84 valence electrons. The Bertz CT molecular complexity index is 470. The zero-order valence-corrected chi connectivity index (χ0v) is 11.9. The molecular weight excluding hydrogens is 306 g/mol. The smallest absolute Gasteiger partial charge is 0.0593 e. The first-order chi connectivity index (χ1) is 7.72. The van der Waals surface area contributed by atoms with E-state index >= 15 is 0 Å². The van der Waals surface area contributed by atoms with Crippen molar-refractivity contribution in [1.29, 1.82) is 0 Å². The number of hydrogen-bond donors (Lipinski definition) is 1. The zero-order chi connectivity index (χ0) is 11.5. The van der Waals surface area contributed by atoms with Gasteiger partial charge in [0.1, 0.15) is 0 Å². The third-order valence-electron chi connectivity index (χ3n) is 2.44. The standard InChI is InChI=1S/C12H11BrClNS/c1-15-12(8-4-5-16-7-8)10-3-2-9(14)6-11(10)13/h2-7,12,15H,1H3. The number of benzene rings is 1. The van der Waals surface area contributed by atoms with Gasteiger partial charge in [-0.15, -0.1) is 0 Å². The van der Waals surface area contributed by atoms with Gasteiger partial charge in [-0.1, -0.05) is 33.6 Å². The lowest BCUT2D eigenvalue weighted by molar-refractivity contribution is 0.691. The topological polar surface area (TPSA) is 12.0 Å². The molecule has 0 aliphatic heterocycles. The Balaban J connectivity index is 2.41. The van der Waals surface area contributed by atoms with Crippen molar-refractivity contribution in [3.8, 4) is 0 Å². The van der Waals surface area contributed by atoms with Crippen LogP contribution in [0.2, 0.25) is 5.02 Å². The summed E-state index contributed by atoms with van der Waals surface area (Å²) in [5.41, 5.74) is 2.47. The Hall–Kier alpha value is -0.350. The van der Waals surface area contributed by atoms with Gasteiger partial charge in [0.05, 0.1) is 6.04 Å². The highest BCUT2D eigenvalue weighted by Crippen LogP contribution is 2.31. The van der Waals surface area contributed by atoms with Crippen LogP contribution in [0.15, 0.2) is 39.5 Å². The van der Waals surface area contributed by atoms with Gasteiger partial charge in [-0.05, 0) is 47.1 Å². The van der Waals surface area contributed by atoms with E-state index in [1.54, 1.807) is 11.3 Å². The fourth-order valence-corrected chi connectivity index (χ4v) is 3.27. The van der Waals surface area contributed by atoms with Crippen LogP contribution < -0.4 is 5.32 Å². The molecule has 0 fully saturated rings. The van der Waals surface area contributed by atoms with Crippen LogP contribution in [0.5, 0.6) is 0 Å². The van der Waals surface area contributed by atoms with Gasteiger partial charge in [0.25, 0.3) is 0 Å². The van der Waals surface area contributed by atoms with Crippen molar-refractivity contribution in [3.63, 3.8) is 0 Å². The van der Waals surface area contributed by atoms with E-state index in [9.17, 15) is 0 Å². The molecule has 0 spiro atoms. The minimum atomic E-state index is 0.206. The van der Waals surface area contributed by atoms with E-state index in [4.69, 9.17) is 11.6 Å². The minimum absolute atomic E-state index is 0.206. The molecule has 0 amide bonds. The van der Waals surface area contributed by atoms with Gasteiger partial charge in [0.2, 0.25) is 0 Å². The first-order valence-corrected chi connectivity index (χ1v) is 6.98. The summed E-state index contributed by atoms with van der Waals surface area (Å²) in [5.74, 6) is 0. The largest absolute Gasteiger partial charge is 0.309 e. The molecule has 2 rings (SSSR count). The van der Waals surface area contributed by atoms with Crippen LogP contribution in [0.25, 0.3) is 0 Å². The number of thiophene rings is 1. The molecule has 1 aromatic carbocycles. The van der Waals surface area contributed by atoms with Crippen LogP contribution in [0.4, 0.5) is 0 Å². The number of rotatable bonds is 3. The highest BCUT2D eigenvalue weighted by molar-refractivity contribution is 9.10. The summed E-state index contributed by atoms with van der Waals surface area (Å²) >= 11 is 11.2. The second-order valence-corrected chi connectivity index (χ2v) is 5.52. The molecule has 2 aromatic rings. The highest BCUT2D eigenvalue weighted by atomic mass is 79.9. The van der Waals surface area contributed by atoms with E-state index < -0.39 is 0 Å². The number of halogens is 2. The molecule has 4 heteroatoms. The molecule has 0 saturated heterocycles. The molecule has 0 aliphatic rings. The van der Waals surface area contributed by atoms with Crippen molar-refractivity contribution < 1.29 is 0 Å². The predicted octanol–water partition coefficient (Wildman–Crippen LogP) is 4.47. The Morgan fingerprint density at radius 1 is 1.38 bits per heavy atom. The van der Waals surface area contributed by atoms with E-state index in [0.717, 1.165) is 9.50 Å². The van der Waals surface area contributed by atoms with E-state index in [0.29, 0.717) is 0 Å². The van der Waals surface area contributed by atoms with E-state index in [1.807, 2.05) is 25.2 Å². The number of hydrogen-bond acceptors (Lipinski definition) is 2. The molecule has 1 heterocycles. The van der Waals surface area contributed by atoms with Gasteiger partial charge < -0.3 is 5.32 Å². The average Bonchev–Trinajstić information content (AvgIpc) is 2.75. The molecule has 0 bridgehead atoms. The molecule has 1 aromatic heterocycles. The van der Waals surface area contributed by atoms with Crippen LogP contribution in [0.3, 0.4) is 0 Å². The minimum Gasteiger partial charge on any atom is -0.309 e. The summed E-state index contributed by atoms with van der Waals surface area (Å²) in [6.07, 6.45) is 0. The van der Waals surface area contributed by atoms with Crippen molar-refractivity contribution in [2.45, 2.75) is 6.04 Å². The van der Waals surface area contributed by atoms with Gasteiger partial charge in [-0.25, -0.2) is 0 Å². The maximum atomic E-state index is 5.94. The Kier molecular flexibility index (Phi) is 4.03. The second-order valence-electron chi connectivity index (χ2n) is 3.44. The summed E-state index contributed by atoms with van der Waals surface area (Å²) in [6.45, 7) is 0. The van der Waals surface area contributed by atoms with Crippen LogP contribution in [0, 0.1) is 0 Å². The lowest BCUT2D eigenvalue weighted by atomic mass is 10.0. The Morgan fingerprint density at radius 2 is 2.19 bits per heavy atom. The van der Waals surface area contributed by atoms with Crippen LogP contribution in [-0.2, 0) is 0 Å². The maximum Gasteiger partial charge on any atom is 0.0593 e. The molecule has 0 saturated carbocycles. The van der Waals surface area contributed by atoms with Gasteiger partial charge in [0, 0.05) is 9.50 Å². The number of nitrogens with one attached hydrogen (secondary N) is 1. The molecule has 1 unspecified atom stereocenters. The zero-order valence-electron chi connectivity index (χ0n) is 8.71. The van der Waals surface area contributed by atoms with Gasteiger partial charge in [0.15, 0.2) is 0 Å². The second kappa shape index (κ2) is 5.32. The van der Waals surface area contributed by atoms with Gasteiger partial charge >= 0.3 is 0 Å². The van der Waals surface area contributed by atoms with E-state index in [2.05, 4.69) is 38.1 Å². The molecular formula is C12H11BrClNS. The first-order valence-electron chi connectivity index (χ1n) is 4.86. The molecule has 1 N–H and O–H groups in total. The van der Waals surface area contributed by atoms with Crippen molar-refractivity contribution in [2.75, 3.05) is 7.05 Å². The monoisotopic (exact) mass is 315 g/mol. The van der Waals surface area contributed by atoms with Crippen LogP contribution >= 0.6 is 38.9 Å². The van der Waals surface area contributed by atoms with Gasteiger partial charge in [-0.3, -0.25) is 0 Å².